The van der Waals surface area contributed by atoms with E-state index in [1.54, 1.807) is 11.0 Å². The van der Waals surface area contributed by atoms with E-state index in [0.717, 1.165) is 25.2 Å². The molecule has 0 unspecified atom stereocenters. The summed E-state index contributed by atoms with van der Waals surface area (Å²) in [5, 5.41) is 7.30. The van der Waals surface area contributed by atoms with Crippen LogP contribution in [-0.2, 0) is 19.5 Å². The third-order valence-corrected chi connectivity index (χ3v) is 5.56. The topological polar surface area (TPSA) is 93.3 Å². The molecule has 4 rings (SSSR count). The summed E-state index contributed by atoms with van der Waals surface area (Å²) >= 11 is 0. The molecule has 0 saturated carbocycles. The van der Waals surface area contributed by atoms with Gasteiger partial charge in [-0.2, -0.15) is 4.98 Å². The van der Waals surface area contributed by atoms with E-state index >= 15 is 0 Å². The fourth-order valence-electron chi connectivity index (χ4n) is 4.11. The number of pyridine rings is 1. The van der Waals surface area contributed by atoms with Crippen molar-refractivity contribution in [2.24, 2.45) is 5.92 Å². The van der Waals surface area contributed by atoms with E-state index in [1.807, 2.05) is 24.5 Å². The standard InChI is InChI=1S/C19H25N5O3/c1-3-16-21-17(27-22-16)11-23(4-2)18(25)14-5-6-15-13-7-12(8-20-9-13)10-24(15)19(14)26/h5-6,12-13,20H,3-4,7-11H2,1-2H3/t12-,13+/m0/s1. The summed E-state index contributed by atoms with van der Waals surface area (Å²) < 4.78 is 7.01. The molecule has 2 aliphatic heterocycles. The van der Waals surface area contributed by atoms with Crippen molar-refractivity contribution in [3.05, 3.63) is 45.5 Å². The predicted molar refractivity (Wildman–Crippen MR) is 98.5 cm³/mol. The van der Waals surface area contributed by atoms with Crippen LogP contribution in [0.2, 0.25) is 0 Å². The Kier molecular flexibility index (Phi) is 4.82. The lowest BCUT2D eigenvalue weighted by Crippen LogP contribution is -2.46. The molecule has 144 valence electrons. The molecule has 2 bridgehead atoms. The Morgan fingerprint density at radius 3 is 2.96 bits per heavy atom. The molecule has 0 aliphatic carbocycles. The van der Waals surface area contributed by atoms with Crippen LogP contribution in [-0.4, -0.2) is 45.1 Å². The average molecular weight is 371 g/mol. The van der Waals surface area contributed by atoms with Crippen molar-refractivity contribution < 1.29 is 9.32 Å². The van der Waals surface area contributed by atoms with Crippen LogP contribution in [0.3, 0.4) is 0 Å². The molecule has 0 aromatic carbocycles. The van der Waals surface area contributed by atoms with Crippen LogP contribution in [0.4, 0.5) is 0 Å². The number of carbonyl (C=O) groups excluding carboxylic acids is 1. The van der Waals surface area contributed by atoms with Crippen LogP contribution in [0.25, 0.3) is 0 Å². The van der Waals surface area contributed by atoms with Crippen LogP contribution in [0, 0.1) is 5.92 Å². The zero-order valence-electron chi connectivity index (χ0n) is 15.8. The normalized spacial score (nSPS) is 21.0. The summed E-state index contributed by atoms with van der Waals surface area (Å²) in [6, 6.07) is 3.62. The maximum Gasteiger partial charge on any atom is 0.263 e. The lowest BCUT2D eigenvalue weighted by atomic mass is 9.84. The molecule has 1 amide bonds. The van der Waals surface area contributed by atoms with Gasteiger partial charge in [0.2, 0.25) is 5.89 Å². The molecule has 2 aromatic rings. The van der Waals surface area contributed by atoms with Gasteiger partial charge in [-0.3, -0.25) is 9.59 Å². The molecule has 4 heterocycles. The van der Waals surface area contributed by atoms with Gasteiger partial charge < -0.3 is 19.3 Å². The Hall–Kier alpha value is -2.48. The Bertz CT molecular complexity index is 903. The van der Waals surface area contributed by atoms with E-state index in [4.69, 9.17) is 4.52 Å². The molecule has 1 N–H and O–H groups in total. The van der Waals surface area contributed by atoms with Crippen LogP contribution in [0.1, 0.15) is 54.0 Å². The third-order valence-electron chi connectivity index (χ3n) is 5.56. The first-order chi connectivity index (χ1) is 13.1. The Balaban J connectivity index is 1.61. The van der Waals surface area contributed by atoms with Gasteiger partial charge in [0, 0.05) is 37.7 Å². The molecule has 27 heavy (non-hydrogen) atoms. The minimum absolute atomic E-state index is 0.188. The Morgan fingerprint density at radius 2 is 2.22 bits per heavy atom. The number of fused-ring (bicyclic) bond motifs is 4. The maximum atomic E-state index is 13.1. The first kappa shape index (κ1) is 17.9. The number of hydrogen-bond acceptors (Lipinski definition) is 6. The molecule has 0 spiro atoms. The second-order valence-corrected chi connectivity index (χ2v) is 7.32. The van der Waals surface area contributed by atoms with Crippen LogP contribution < -0.4 is 10.9 Å². The van der Waals surface area contributed by atoms with Crippen molar-refractivity contribution in [2.75, 3.05) is 19.6 Å². The zero-order valence-corrected chi connectivity index (χ0v) is 15.8. The largest absolute Gasteiger partial charge is 0.337 e. The highest BCUT2D eigenvalue weighted by molar-refractivity contribution is 5.93. The average Bonchev–Trinajstić information content (AvgIpc) is 3.14. The van der Waals surface area contributed by atoms with Gasteiger partial charge in [0.15, 0.2) is 5.82 Å². The van der Waals surface area contributed by atoms with Crippen LogP contribution in [0.15, 0.2) is 21.5 Å². The molecular formula is C19H25N5O3. The van der Waals surface area contributed by atoms with E-state index in [2.05, 4.69) is 15.5 Å². The second-order valence-electron chi connectivity index (χ2n) is 7.32. The summed E-state index contributed by atoms with van der Waals surface area (Å²) in [4.78, 5) is 31.9. The van der Waals surface area contributed by atoms with Crippen molar-refractivity contribution in [1.29, 1.82) is 0 Å². The molecule has 1 fully saturated rings. The molecule has 8 heteroatoms. The van der Waals surface area contributed by atoms with Gasteiger partial charge >= 0.3 is 0 Å². The summed E-state index contributed by atoms with van der Waals surface area (Å²) in [7, 11) is 0. The summed E-state index contributed by atoms with van der Waals surface area (Å²) in [6.45, 7) is 6.98. The first-order valence-corrected chi connectivity index (χ1v) is 9.65. The highest BCUT2D eigenvalue weighted by Gasteiger charge is 2.32. The highest BCUT2D eigenvalue weighted by atomic mass is 16.5. The molecule has 1 saturated heterocycles. The van der Waals surface area contributed by atoms with E-state index in [9.17, 15) is 9.59 Å². The smallest absolute Gasteiger partial charge is 0.263 e. The molecule has 2 aromatic heterocycles. The van der Waals surface area contributed by atoms with E-state index in [0.29, 0.717) is 43.1 Å². The van der Waals surface area contributed by atoms with Gasteiger partial charge in [-0.1, -0.05) is 12.1 Å². The number of aromatic nitrogens is 3. The first-order valence-electron chi connectivity index (χ1n) is 9.65. The zero-order chi connectivity index (χ0) is 19.0. The van der Waals surface area contributed by atoms with Crippen molar-refractivity contribution in [3.63, 3.8) is 0 Å². The fraction of sp³-hybridized carbons (Fsp3) is 0.579. The van der Waals surface area contributed by atoms with Gasteiger partial charge in [-0.05, 0) is 37.9 Å². The van der Waals surface area contributed by atoms with Crippen molar-refractivity contribution >= 4 is 5.91 Å². The van der Waals surface area contributed by atoms with Gasteiger partial charge in [0.05, 0.1) is 0 Å². The monoisotopic (exact) mass is 371 g/mol. The number of aryl methyl sites for hydroxylation is 1. The Morgan fingerprint density at radius 1 is 1.37 bits per heavy atom. The van der Waals surface area contributed by atoms with E-state index < -0.39 is 0 Å². The van der Waals surface area contributed by atoms with Crippen molar-refractivity contribution in [1.82, 2.24) is 24.9 Å². The number of amides is 1. The van der Waals surface area contributed by atoms with Crippen LogP contribution in [0.5, 0.6) is 0 Å². The molecule has 2 atom stereocenters. The number of rotatable bonds is 5. The molecule has 2 aliphatic rings. The predicted octanol–water partition coefficient (Wildman–Crippen LogP) is 1.16. The highest BCUT2D eigenvalue weighted by Crippen LogP contribution is 2.31. The number of piperidine rings is 1. The summed E-state index contributed by atoms with van der Waals surface area (Å²) in [5.74, 6) is 1.51. The number of nitrogens with one attached hydrogen (secondary N) is 1. The quantitative estimate of drug-likeness (QED) is 0.848. The number of nitrogens with zero attached hydrogens (tertiary/aromatic N) is 4. The SMILES string of the molecule is CCc1noc(CN(CC)C(=O)c2ccc3n(c2=O)C[C@@H]2CNC[C@H]3C2)n1. The van der Waals surface area contributed by atoms with Gasteiger partial charge in [0.25, 0.3) is 11.5 Å². The minimum atomic E-state index is -0.289. The Labute approximate surface area is 157 Å². The maximum absolute atomic E-state index is 13.1. The molecule has 8 nitrogen and oxygen atoms in total. The summed E-state index contributed by atoms with van der Waals surface area (Å²) in [6.07, 6.45) is 1.78. The van der Waals surface area contributed by atoms with Gasteiger partial charge in [0.1, 0.15) is 12.1 Å². The van der Waals surface area contributed by atoms with E-state index in [-0.39, 0.29) is 23.6 Å². The fourth-order valence-corrected chi connectivity index (χ4v) is 4.11. The second kappa shape index (κ2) is 7.26. The van der Waals surface area contributed by atoms with E-state index in [1.165, 1.54) is 0 Å². The third kappa shape index (κ3) is 3.29. The van der Waals surface area contributed by atoms with Gasteiger partial charge in [-0.25, -0.2) is 0 Å². The minimum Gasteiger partial charge on any atom is -0.337 e. The van der Waals surface area contributed by atoms with Crippen molar-refractivity contribution in [2.45, 2.75) is 45.7 Å². The van der Waals surface area contributed by atoms with Crippen molar-refractivity contribution in [3.8, 4) is 0 Å². The van der Waals surface area contributed by atoms with Gasteiger partial charge in [-0.15, -0.1) is 0 Å². The molecule has 0 radical (unpaired) electrons. The number of hydrogen-bond donors (Lipinski definition) is 1. The number of carbonyl (C=O) groups is 1. The lowest BCUT2D eigenvalue weighted by molar-refractivity contribution is 0.0731. The lowest BCUT2D eigenvalue weighted by Gasteiger charge is -2.37. The summed E-state index contributed by atoms with van der Waals surface area (Å²) in [5.41, 5.74) is 1.06. The van der Waals surface area contributed by atoms with Crippen LogP contribution >= 0.6 is 0 Å². The molecular weight excluding hydrogens is 346 g/mol.